The number of aliphatic hydroxyl groups excluding tert-OH is 1. The molecule has 0 radical (unpaired) electrons. The number of aliphatic hydroxyl groups is 1. The lowest BCUT2D eigenvalue weighted by molar-refractivity contribution is -0.196. The molecule has 7 atom stereocenters. The Hall–Kier alpha value is -2.45. The summed E-state index contributed by atoms with van der Waals surface area (Å²) in [6.45, 7) is 8.23. The number of nitrogens with zero attached hydrogens (tertiary/aromatic N) is 2. The Labute approximate surface area is 240 Å². The summed E-state index contributed by atoms with van der Waals surface area (Å²) in [5, 5.41) is 16.2. The molecule has 0 saturated heterocycles. The van der Waals surface area contributed by atoms with Crippen molar-refractivity contribution in [1.82, 2.24) is 9.78 Å². The molecule has 1 heterocycles. The molecule has 40 heavy (non-hydrogen) atoms. The standard InChI is InChI=1S/C32H39FN2O4S/c1-18(2)13-27(37)39-32(29(38)40)12-11-24-23-10-5-20-14-25-19(17-34-35(25)22-8-6-21(33)7-9-22)15-30(20,3)28(23)26(36)16-31(24,32)4/h6-9,14,17-18,23-24,26,28,36H,5,10-13,15-16H2,1-4H3,(H,38,40)/t23-,24-,26-,28+,30-,31-,32-/m0/s1. The summed E-state index contributed by atoms with van der Waals surface area (Å²) in [6.07, 6.45) is 7.89. The smallest absolute Gasteiger partial charge is 0.307 e. The van der Waals surface area contributed by atoms with Crippen molar-refractivity contribution in [3.05, 3.63) is 53.1 Å². The SMILES string of the molecule is CC(C)CC(=O)O[C@]1(C(=O)S)CC[C@H]2[C@@H]3CCC4=Cc5c(cnn5-c5ccc(F)cc5)C[C@]4(C)[C@H]3[C@@H](O)C[C@@]21C. The lowest BCUT2D eigenvalue weighted by Gasteiger charge is -2.60. The fourth-order valence-electron chi connectivity index (χ4n) is 9.09. The van der Waals surface area contributed by atoms with Gasteiger partial charge in [0.1, 0.15) is 5.82 Å². The van der Waals surface area contributed by atoms with Crippen LogP contribution in [0.4, 0.5) is 4.39 Å². The number of aromatic nitrogens is 2. The van der Waals surface area contributed by atoms with Crippen molar-refractivity contribution >= 4 is 29.8 Å². The van der Waals surface area contributed by atoms with Gasteiger partial charge in [0.25, 0.3) is 0 Å². The fraction of sp³-hybridized carbons (Fsp3) is 0.594. The van der Waals surface area contributed by atoms with Crippen molar-refractivity contribution in [1.29, 1.82) is 0 Å². The van der Waals surface area contributed by atoms with Crippen LogP contribution < -0.4 is 0 Å². The molecule has 4 aliphatic carbocycles. The van der Waals surface area contributed by atoms with Gasteiger partial charge in [0.15, 0.2) is 5.60 Å². The number of ether oxygens (including phenoxy) is 1. The second kappa shape index (κ2) is 9.55. The van der Waals surface area contributed by atoms with Gasteiger partial charge in [-0.3, -0.25) is 9.59 Å². The Kier molecular flexibility index (Phi) is 6.61. The maximum absolute atomic E-state index is 13.5. The number of hydrogen-bond acceptors (Lipinski definition) is 5. The number of halogens is 1. The van der Waals surface area contributed by atoms with E-state index in [4.69, 9.17) is 4.74 Å². The number of carbonyl (C=O) groups excluding carboxylic acids is 2. The van der Waals surface area contributed by atoms with Crippen LogP contribution in [0.25, 0.3) is 11.8 Å². The monoisotopic (exact) mass is 566 g/mol. The molecule has 8 heteroatoms. The minimum atomic E-state index is -1.31. The second-order valence-corrected chi connectivity index (χ2v) is 13.9. The molecule has 214 valence electrons. The molecule has 0 amide bonds. The topological polar surface area (TPSA) is 81.4 Å². The molecule has 2 aromatic rings. The minimum absolute atomic E-state index is 0.0186. The van der Waals surface area contributed by atoms with Crippen LogP contribution in [0.3, 0.4) is 0 Å². The summed E-state index contributed by atoms with van der Waals surface area (Å²) in [7, 11) is 0. The molecule has 6 nitrogen and oxygen atoms in total. The quantitative estimate of drug-likeness (QED) is 0.345. The van der Waals surface area contributed by atoms with Gasteiger partial charge in [-0.25, -0.2) is 9.07 Å². The molecule has 3 fully saturated rings. The number of thiol groups is 1. The molecule has 0 unspecified atom stereocenters. The third-order valence-corrected chi connectivity index (χ3v) is 11.2. The van der Waals surface area contributed by atoms with Gasteiger partial charge in [0, 0.05) is 11.8 Å². The molecule has 4 aliphatic rings. The number of benzene rings is 1. The van der Waals surface area contributed by atoms with Crippen LogP contribution in [0, 0.1) is 40.3 Å². The Morgan fingerprint density at radius 2 is 1.95 bits per heavy atom. The molecule has 1 aromatic heterocycles. The lowest BCUT2D eigenvalue weighted by atomic mass is 9.45. The van der Waals surface area contributed by atoms with Gasteiger partial charge >= 0.3 is 5.97 Å². The highest BCUT2D eigenvalue weighted by atomic mass is 32.1. The predicted octanol–water partition coefficient (Wildman–Crippen LogP) is 5.95. The predicted molar refractivity (Wildman–Crippen MR) is 153 cm³/mol. The first-order chi connectivity index (χ1) is 18.9. The van der Waals surface area contributed by atoms with Gasteiger partial charge in [-0.05, 0) is 104 Å². The highest BCUT2D eigenvalue weighted by Crippen LogP contribution is 2.68. The Bertz CT molecular complexity index is 1390. The molecule has 0 bridgehead atoms. The van der Waals surface area contributed by atoms with Crippen LogP contribution >= 0.6 is 12.6 Å². The van der Waals surface area contributed by atoms with Crippen molar-refractivity contribution < 1.29 is 23.8 Å². The number of carbonyl (C=O) groups is 2. The number of allylic oxidation sites excluding steroid dienone is 1. The summed E-state index contributed by atoms with van der Waals surface area (Å²) in [5.41, 5.74) is 2.02. The zero-order chi connectivity index (χ0) is 28.6. The van der Waals surface area contributed by atoms with E-state index in [2.05, 4.69) is 30.7 Å². The maximum atomic E-state index is 13.5. The maximum Gasteiger partial charge on any atom is 0.307 e. The molecule has 1 aromatic carbocycles. The van der Waals surface area contributed by atoms with Crippen LogP contribution in [-0.4, -0.2) is 37.7 Å². The molecule has 0 aliphatic heterocycles. The van der Waals surface area contributed by atoms with E-state index in [1.807, 2.05) is 31.6 Å². The third kappa shape index (κ3) is 3.96. The zero-order valence-corrected chi connectivity index (χ0v) is 24.6. The zero-order valence-electron chi connectivity index (χ0n) is 23.7. The van der Waals surface area contributed by atoms with Crippen molar-refractivity contribution in [2.24, 2.45) is 34.5 Å². The van der Waals surface area contributed by atoms with E-state index in [9.17, 15) is 19.1 Å². The van der Waals surface area contributed by atoms with Crippen molar-refractivity contribution in [3.63, 3.8) is 0 Å². The highest BCUT2D eigenvalue weighted by molar-refractivity contribution is 7.96. The fourth-order valence-corrected chi connectivity index (χ4v) is 9.51. The van der Waals surface area contributed by atoms with E-state index < -0.39 is 22.2 Å². The first-order valence-corrected chi connectivity index (χ1v) is 15.0. The van der Waals surface area contributed by atoms with Crippen molar-refractivity contribution in [2.75, 3.05) is 0 Å². The van der Waals surface area contributed by atoms with Gasteiger partial charge in [0.05, 0.1) is 23.7 Å². The average Bonchev–Trinajstić information content (AvgIpc) is 3.40. The third-order valence-electron chi connectivity index (χ3n) is 10.8. The molecule has 1 N–H and O–H groups in total. The van der Waals surface area contributed by atoms with E-state index >= 15 is 0 Å². The van der Waals surface area contributed by atoms with Crippen molar-refractivity contribution in [2.45, 2.75) is 84.3 Å². The average molecular weight is 567 g/mol. The molecule has 3 saturated carbocycles. The van der Waals surface area contributed by atoms with Crippen LogP contribution in [0.15, 0.2) is 36.0 Å². The van der Waals surface area contributed by atoms with E-state index in [1.165, 1.54) is 17.7 Å². The summed E-state index contributed by atoms with van der Waals surface area (Å²) in [6, 6.07) is 6.37. The number of hydrogen-bond donors (Lipinski definition) is 2. The summed E-state index contributed by atoms with van der Waals surface area (Å²) in [4.78, 5) is 26.0. The summed E-state index contributed by atoms with van der Waals surface area (Å²) >= 11 is 4.29. The minimum Gasteiger partial charge on any atom is -0.449 e. The molecule has 6 rings (SSSR count). The molecule has 0 spiro atoms. The van der Waals surface area contributed by atoms with Crippen LogP contribution in [0.2, 0.25) is 0 Å². The number of rotatable bonds is 5. The van der Waals surface area contributed by atoms with Crippen LogP contribution in [0.5, 0.6) is 0 Å². The number of fused-ring (bicyclic) bond motifs is 6. The Morgan fingerprint density at radius 3 is 2.62 bits per heavy atom. The number of esters is 1. The van der Waals surface area contributed by atoms with Crippen LogP contribution in [0.1, 0.15) is 77.5 Å². The molecular weight excluding hydrogens is 527 g/mol. The summed E-state index contributed by atoms with van der Waals surface area (Å²) < 4.78 is 21.5. The van der Waals surface area contributed by atoms with Gasteiger partial charge in [-0.15, -0.1) is 12.6 Å². The summed E-state index contributed by atoms with van der Waals surface area (Å²) in [5.74, 6) is -0.163. The Balaban J connectivity index is 1.33. The highest BCUT2D eigenvalue weighted by Gasteiger charge is 2.70. The van der Waals surface area contributed by atoms with Gasteiger partial charge < -0.3 is 9.84 Å². The van der Waals surface area contributed by atoms with E-state index in [1.54, 1.807) is 12.1 Å². The first kappa shape index (κ1) is 27.7. The van der Waals surface area contributed by atoms with Crippen molar-refractivity contribution in [3.8, 4) is 5.69 Å². The van der Waals surface area contributed by atoms with Gasteiger partial charge in [-0.2, -0.15) is 5.10 Å². The van der Waals surface area contributed by atoms with Gasteiger partial charge in [-0.1, -0.05) is 33.3 Å². The largest absolute Gasteiger partial charge is 0.449 e. The normalized spacial score (nSPS) is 36.2. The lowest BCUT2D eigenvalue weighted by Crippen LogP contribution is -2.62. The van der Waals surface area contributed by atoms with Crippen LogP contribution in [-0.2, 0) is 20.7 Å². The van der Waals surface area contributed by atoms with Gasteiger partial charge in [0.2, 0.25) is 5.12 Å². The Morgan fingerprint density at radius 1 is 1.23 bits per heavy atom. The second-order valence-electron chi connectivity index (χ2n) is 13.5. The van der Waals surface area contributed by atoms with E-state index in [0.717, 1.165) is 42.6 Å². The first-order valence-electron chi connectivity index (χ1n) is 14.6. The molecular formula is C32H39FN2O4S. The van der Waals surface area contributed by atoms with E-state index in [-0.39, 0.29) is 47.3 Å². The van der Waals surface area contributed by atoms with E-state index in [0.29, 0.717) is 12.8 Å².